The molecule has 1 atom stereocenters. The fraction of sp³-hybridized carbons (Fsp3) is 0.176. The van der Waals surface area contributed by atoms with Gasteiger partial charge in [0.25, 0.3) is 5.91 Å². The van der Waals surface area contributed by atoms with E-state index < -0.39 is 6.10 Å². The summed E-state index contributed by atoms with van der Waals surface area (Å²) in [6, 6.07) is 16.1. The minimum absolute atomic E-state index is 0.234. The molecule has 4 nitrogen and oxygen atoms in total. The number of hydrogen-bond donors (Lipinski definition) is 1. The molecular weight excluding hydrogens is 300 g/mol. The summed E-state index contributed by atoms with van der Waals surface area (Å²) in [5.74, 6) is 0.309. The molecule has 0 saturated carbocycles. The number of carbonyl (C=O) groups is 1. The first-order valence-electron chi connectivity index (χ1n) is 6.77. The molecule has 0 heterocycles. The second kappa shape index (κ2) is 7.48. The molecule has 2 rings (SSSR count). The third-order valence-electron chi connectivity index (χ3n) is 3.00. The highest BCUT2D eigenvalue weighted by Gasteiger charge is 2.14. The van der Waals surface area contributed by atoms with E-state index in [2.05, 4.69) is 11.4 Å². The first kappa shape index (κ1) is 15.9. The van der Waals surface area contributed by atoms with Crippen LogP contribution in [0.1, 0.15) is 18.1 Å². The van der Waals surface area contributed by atoms with Crippen molar-refractivity contribution in [3.8, 4) is 11.8 Å². The molecule has 5 heteroatoms. The van der Waals surface area contributed by atoms with E-state index >= 15 is 0 Å². The quantitative estimate of drug-likeness (QED) is 0.921. The van der Waals surface area contributed by atoms with Gasteiger partial charge in [-0.05, 0) is 42.8 Å². The Hall–Kier alpha value is -2.51. The average molecular weight is 315 g/mol. The Morgan fingerprint density at radius 3 is 2.82 bits per heavy atom. The summed E-state index contributed by atoms with van der Waals surface area (Å²) in [4.78, 5) is 12.0. The second-order valence-corrected chi connectivity index (χ2v) is 5.18. The van der Waals surface area contributed by atoms with Gasteiger partial charge in [-0.2, -0.15) is 5.26 Å². The largest absolute Gasteiger partial charge is 0.481 e. The number of hydrogen-bond acceptors (Lipinski definition) is 3. The summed E-state index contributed by atoms with van der Waals surface area (Å²) in [7, 11) is 0. The van der Waals surface area contributed by atoms with Crippen molar-refractivity contribution in [3.63, 3.8) is 0 Å². The van der Waals surface area contributed by atoms with Crippen molar-refractivity contribution in [2.45, 2.75) is 19.6 Å². The maximum Gasteiger partial charge on any atom is 0.261 e. The lowest BCUT2D eigenvalue weighted by Gasteiger charge is -2.15. The number of nitrogens with zero attached hydrogens (tertiary/aromatic N) is 1. The van der Waals surface area contributed by atoms with Crippen molar-refractivity contribution < 1.29 is 9.53 Å². The highest BCUT2D eigenvalue weighted by atomic mass is 35.5. The van der Waals surface area contributed by atoms with E-state index in [0.29, 0.717) is 22.9 Å². The third kappa shape index (κ3) is 4.51. The van der Waals surface area contributed by atoms with Crippen LogP contribution in [0.2, 0.25) is 5.02 Å². The summed E-state index contributed by atoms with van der Waals surface area (Å²) in [5, 5.41) is 12.2. The van der Waals surface area contributed by atoms with Crippen LogP contribution in [0.5, 0.6) is 5.75 Å². The van der Waals surface area contributed by atoms with Gasteiger partial charge in [-0.3, -0.25) is 4.79 Å². The number of ether oxygens (including phenoxy) is 1. The summed E-state index contributed by atoms with van der Waals surface area (Å²) in [6.07, 6.45) is -0.641. The monoisotopic (exact) mass is 314 g/mol. The van der Waals surface area contributed by atoms with Gasteiger partial charge < -0.3 is 10.1 Å². The van der Waals surface area contributed by atoms with Crippen LogP contribution in [-0.4, -0.2) is 12.0 Å². The van der Waals surface area contributed by atoms with Crippen molar-refractivity contribution in [1.29, 1.82) is 5.26 Å². The van der Waals surface area contributed by atoms with Gasteiger partial charge in [0, 0.05) is 11.6 Å². The number of halogens is 1. The van der Waals surface area contributed by atoms with E-state index in [4.69, 9.17) is 21.6 Å². The number of rotatable bonds is 5. The molecule has 1 amide bonds. The summed E-state index contributed by atoms with van der Waals surface area (Å²) in [5.41, 5.74) is 1.43. The minimum Gasteiger partial charge on any atom is -0.481 e. The molecule has 0 aromatic heterocycles. The minimum atomic E-state index is -0.641. The third-order valence-corrected chi connectivity index (χ3v) is 3.24. The lowest BCUT2D eigenvalue weighted by Crippen LogP contribution is -2.35. The molecule has 1 N–H and O–H groups in total. The predicted octanol–water partition coefficient (Wildman–Crippen LogP) is 3.30. The Kier molecular flexibility index (Phi) is 5.40. The van der Waals surface area contributed by atoms with E-state index in [0.717, 1.165) is 5.56 Å². The van der Waals surface area contributed by atoms with E-state index in [9.17, 15) is 4.79 Å². The van der Waals surface area contributed by atoms with Crippen LogP contribution in [0.25, 0.3) is 0 Å². The summed E-state index contributed by atoms with van der Waals surface area (Å²) >= 11 is 5.87. The molecule has 22 heavy (non-hydrogen) atoms. The van der Waals surface area contributed by atoms with Gasteiger partial charge in [0.05, 0.1) is 11.6 Å². The number of carbonyl (C=O) groups excluding carboxylic acids is 1. The molecular formula is C17H15ClN2O2. The lowest BCUT2D eigenvalue weighted by molar-refractivity contribution is -0.127. The maximum absolute atomic E-state index is 12.0. The van der Waals surface area contributed by atoms with Gasteiger partial charge in [-0.15, -0.1) is 0 Å². The molecule has 0 bridgehead atoms. The van der Waals surface area contributed by atoms with Crippen LogP contribution in [-0.2, 0) is 11.3 Å². The zero-order valence-corrected chi connectivity index (χ0v) is 12.8. The fourth-order valence-electron chi connectivity index (χ4n) is 1.88. The molecule has 2 aromatic carbocycles. The highest BCUT2D eigenvalue weighted by Crippen LogP contribution is 2.18. The normalized spacial score (nSPS) is 11.3. The van der Waals surface area contributed by atoms with Gasteiger partial charge in [-0.25, -0.2) is 0 Å². The van der Waals surface area contributed by atoms with Crippen molar-refractivity contribution in [2.24, 2.45) is 0 Å². The van der Waals surface area contributed by atoms with Gasteiger partial charge in [0.2, 0.25) is 0 Å². The molecule has 1 unspecified atom stereocenters. The molecule has 112 valence electrons. The molecule has 2 aromatic rings. The van der Waals surface area contributed by atoms with E-state index in [1.165, 1.54) is 0 Å². The molecule has 0 saturated heterocycles. The van der Waals surface area contributed by atoms with Crippen LogP contribution in [0.3, 0.4) is 0 Å². The number of amides is 1. The Balaban J connectivity index is 1.90. The Morgan fingerprint density at radius 1 is 1.32 bits per heavy atom. The average Bonchev–Trinajstić information content (AvgIpc) is 2.52. The van der Waals surface area contributed by atoms with Gasteiger partial charge in [-0.1, -0.05) is 29.8 Å². The molecule has 0 aliphatic carbocycles. The van der Waals surface area contributed by atoms with Crippen LogP contribution in [0.15, 0.2) is 48.5 Å². The van der Waals surface area contributed by atoms with Crippen LogP contribution in [0.4, 0.5) is 0 Å². The van der Waals surface area contributed by atoms with Crippen molar-refractivity contribution >= 4 is 17.5 Å². The topological polar surface area (TPSA) is 62.1 Å². The van der Waals surface area contributed by atoms with Crippen molar-refractivity contribution in [1.82, 2.24) is 5.32 Å². The smallest absolute Gasteiger partial charge is 0.261 e. The van der Waals surface area contributed by atoms with Crippen LogP contribution in [0, 0.1) is 11.3 Å². The SMILES string of the molecule is CC(Oc1cccc(Cl)c1)C(=O)NCc1cccc(C#N)c1. The van der Waals surface area contributed by atoms with Crippen LogP contribution >= 0.6 is 11.6 Å². The predicted molar refractivity (Wildman–Crippen MR) is 84.5 cm³/mol. The lowest BCUT2D eigenvalue weighted by atomic mass is 10.1. The summed E-state index contributed by atoms with van der Waals surface area (Å²) in [6.45, 7) is 2.01. The van der Waals surface area contributed by atoms with Crippen molar-refractivity contribution in [2.75, 3.05) is 0 Å². The van der Waals surface area contributed by atoms with Gasteiger partial charge >= 0.3 is 0 Å². The number of benzene rings is 2. The molecule has 0 aliphatic rings. The Labute approximate surface area is 134 Å². The second-order valence-electron chi connectivity index (χ2n) is 4.75. The maximum atomic E-state index is 12.0. The van der Waals surface area contributed by atoms with E-state index in [1.807, 2.05) is 6.07 Å². The Bertz CT molecular complexity index is 710. The number of nitrogens with one attached hydrogen (secondary N) is 1. The van der Waals surface area contributed by atoms with Crippen LogP contribution < -0.4 is 10.1 Å². The van der Waals surface area contributed by atoms with Gasteiger partial charge in [0.1, 0.15) is 5.75 Å². The molecule has 0 fully saturated rings. The first-order chi connectivity index (χ1) is 10.6. The highest BCUT2D eigenvalue weighted by molar-refractivity contribution is 6.30. The van der Waals surface area contributed by atoms with Crippen molar-refractivity contribution in [3.05, 3.63) is 64.7 Å². The summed E-state index contributed by atoms with van der Waals surface area (Å²) < 4.78 is 5.54. The first-order valence-corrected chi connectivity index (χ1v) is 7.15. The standard InChI is InChI=1S/C17H15ClN2O2/c1-12(22-16-7-3-6-15(18)9-16)17(21)20-11-14-5-2-4-13(8-14)10-19/h2-9,12H,11H2,1H3,(H,20,21). The molecule has 0 spiro atoms. The Morgan fingerprint density at radius 2 is 2.09 bits per heavy atom. The fourth-order valence-corrected chi connectivity index (χ4v) is 2.06. The number of nitriles is 1. The van der Waals surface area contributed by atoms with E-state index in [1.54, 1.807) is 49.4 Å². The molecule has 0 aliphatic heterocycles. The van der Waals surface area contributed by atoms with E-state index in [-0.39, 0.29) is 5.91 Å². The zero-order valence-electron chi connectivity index (χ0n) is 12.0. The zero-order chi connectivity index (χ0) is 15.9. The van der Waals surface area contributed by atoms with Gasteiger partial charge in [0.15, 0.2) is 6.10 Å². The molecule has 0 radical (unpaired) electrons.